The van der Waals surface area contributed by atoms with Gasteiger partial charge in [0.25, 0.3) is 0 Å². The molecule has 12 rings (SSSR count). The fraction of sp³-hybridized carbons (Fsp3) is 0.280. The Bertz CT molecular complexity index is 4600. The Labute approximate surface area is 515 Å². The topological polar surface area (TPSA) is 33.5 Å². The molecule has 7 heteroatoms. The van der Waals surface area contributed by atoms with Gasteiger partial charge in [-0.2, -0.15) is 6.07 Å². The molecule has 3 aromatic heterocycles. The monoisotopic (exact) mass is 1280 g/mol. The smallest absolute Gasteiger partial charge is 0.135 e. The van der Waals surface area contributed by atoms with Crippen LogP contribution in [0.2, 0.25) is 0 Å². The summed E-state index contributed by atoms with van der Waals surface area (Å²) in [6.45, 7) is 34.1. The predicted molar refractivity (Wildman–Crippen MR) is 346 cm³/mol. The average Bonchev–Trinajstić information content (AvgIpc) is 1.70. The second-order valence-electron chi connectivity index (χ2n) is 26.9. The molecule has 0 unspecified atom stereocenters. The number of thiophene rings is 1. The second-order valence-corrected chi connectivity index (χ2v) is 28.0. The molecule has 420 valence electrons. The largest absolute Gasteiger partial charge is 0.509 e. The van der Waals surface area contributed by atoms with Crippen molar-refractivity contribution >= 4 is 76.1 Å². The molecule has 0 amide bonds. The summed E-state index contributed by atoms with van der Waals surface area (Å²) in [6, 6.07) is 49.5. The van der Waals surface area contributed by atoms with E-state index in [4.69, 9.17) is 13.8 Å². The van der Waals surface area contributed by atoms with Gasteiger partial charge >= 0.3 is 0 Å². The molecular weight excluding hydrogens is 1200 g/mol. The molecule has 5 nitrogen and oxygen atoms in total. The molecule has 1 aliphatic heterocycles. The van der Waals surface area contributed by atoms with E-state index in [1.807, 2.05) is 63.8 Å². The van der Waals surface area contributed by atoms with E-state index in [1.54, 1.807) is 23.6 Å². The summed E-state index contributed by atoms with van der Waals surface area (Å²) in [7, 11) is 0. The van der Waals surface area contributed by atoms with Crippen molar-refractivity contribution in [3.8, 4) is 39.6 Å². The number of hydrogen-bond acceptors (Lipinski definition) is 5. The van der Waals surface area contributed by atoms with Crippen LogP contribution in [-0.2, 0) is 49.1 Å². The summed E-state index contributed by atoms with van der Waals surface area (Å²) in [5, 5.41) is 4.36. The molecule has 0 atom stereocenters. The maximum absolute atomic E-state index is 9.57. The van der Waals surface area contributed by atoms with E-state index < -0.39 is 35.3 Å². The molecule has 0 bridgehead atoms. The molecule has 0 spiro atoms. The van der Waals surface area contributed by atoms with Crippen LogP contribution in [0.4, 0.5) is 22.7 Å². The summed E-state index contributed by atoms with van der Waals surface area (Å²) in [5.41, 5.74) is 9.90. The molecule has 8 aromatic carbocycles. The molecule has 0 saturated heterocycles. The van der Waals surface area contributed by atoms with Crippen molar-refractivity contribution in [3.05, 3.63) is 210 Å². The van der Waals surface area contributed by atoms with E-state index in [0.29, 0.717) is 39.8 Å². The number of fused-ring (bicyclic) bond motifs is 8. The van der Waals surface area contributed by atoms with Crippen LogP contribution in [-0.4, -0.2) is 9.55 Å². The van der Waals surface area contributed by atoms with Gasteiger partial charge in [0.2, 0.25) is 0 Å². The second kappa shape index (κ2) is 20.7. The Hall–Kier alpha value is -6.98. The van der Waals surface area contributed by atoms with Gasteiger partial charge in [0, 0.05) is 95.4 Å². The maximum Gasteiger partial charge on any atom is 0.135 e. The fourth-order valence-corrected chi connectivity index (χ4v) is 12.3. The number of ether oxygens (including phenoxy) is 1. The minimum Gasteiger partial charge on any atom is -0.509 e. The van der Waals surface area contributed by atoms with Gasteiger partial charge in [0.15, 0.2) is 0 Å². The first-order valence-corrected chi connectivity index (χ1v) is 28.9. The third kappa shape index (κ3) is 10.7. The average molecular weight is 1280 g/mol. The van der Waals surface area contributed by atoms with Crippen molar-refractivity contribution in [1.82, 2.24) is 9.55 Å². The fourth-order valence-electron chi connectivity index (χ4n) is 11.1. The maximum atomic E-state index is 9.57. The summed E-state index contributed by atoms with van der Waals surface area (Å²) in [6.07, 6.45) is 0.0229. The normalized spacial score (nSPS) is 14.8. The zero-order valence-corrected chi connectivity index (χ0v) is 52.8. The van der Waals surface area contributed by atoms with Crippen LogP contribution in [0.15, 0.2) is 164 Å². The first-order chi connectivity index (χ1) is 41.1. The van der Waals surface area contributed by atoms with E-state index in [2.05, 4.69) is 195 Å². The summed E-state index contributed by atoms with van der Waals surface area (Å²) >= 11 is 1.76. The van der Waals surface area contributed by atoms with Gasteiger partial charge in [-0.1, -0.05) is 194 Å². The first-order valence-electron chi connectivity index (χ1n) is 31.6. The van der Waals surface area contributed by atoms with Crippen LogP contribution in [0.25, 0.3) is 70.0 Å². The zero-order chi connectivity index (χ0) is 63.3. The zero-order valence-electron chi connectivity index (χ0n) is 56.7. The van der Waals surface area contributed by atoms with Crippen LogP contribution in [0.5, 0.6) is 11.5 Å². The first kappa shape index (κ1) is 48.5. The van der Waals surface area contributed by atoms with Crippen molar-refractivity contribution < 1.29 is 35.4 Å². The minimum absolute atomic E-state index is 0. The van der Waals surface area contributed by atoms with E-state index in [1.165, 1.54) is 10.1 Å². The minimum atomic E-state index is -1.67. The van der Waals surface area contributed by atoms with E-state index in [9.17, 15) is 5.48 Å². The van der Waals surface area contributed by atoms with Crippen LogP contribution in [0.1, 0.15) is 141 Å². The van der Waals surface area contributed by atoms with Gasteiger partial charge in [-0.25, -0.2) is 4.98 Å². The summed E-state index contributed by atoms with van der Waals surface area (Å²) in [5.74, 6) is 1.47. The quantitative estimate of drug-likeness (QED) is 0.142. The molecule has 0 saturated carbocycles. The summed E-state index contributed by atoms with van der Waals surface area (Å²) in [4.78, 5) is 9.16. The number of para-hydroxylation sites is 2. The molecule has 0 radical (unpaired) electrons. The Morgan fingerprint density at radius 1 is 0.573 bits per heavy atom. The Morgan fingerprint density at radius 3 is 1.83 bits per heavy atom. The Morgan fingerprint density at radius 2 is 1.17 bits per heavy atom. The van der Waals surface area contributed by atoms with E-state index in [0.717, 1.165) is 76.6 Å². The van der Waals surface area contributed by atoms with Crippen molar-refractivity contribution in [2.45, 2.75) is 132 Å². The Kier molecular flexibility index (Phi) is 12.3. The van der Waals surface area contributed by atoms with Gasteiger partial charge in [-0.3, -0.25) is 0 Å². The van der Waals surface area contributed by atoms with Gasteiger partial charge in [-0.05, 0) is 121 Å². The number of aromatic nitrogens is 2. The van der Waals surface area contributed by atoms with E-state index >= 15 is 0 Å². The summed E-state index contributed by atoms with van der Waals surface area (Å²) < 4.78 is 76.0. The van der Waals surface area contributed by atoms with Crippen LogP contribution in [0.3, 0.4) is 0 Å². The number of pyridine rings is 1. The standard InChI is InChI=1S/C75H75N4OS.Pt/c1-71(2,3)45-47-33-34-76-67(35-47)79-64-32-31-58-57-25-19-22-28-66(57)81-70(58)68(64)59-30-29-55(44-65(59)79)80-56-40-52(74(10,11)12)39-54(43-56)77-46-78(63-27-21-20-26-62(63)77)69-60(48-23-17-16-18-24-48)41-53(75(13,14)15)42-61(69)49-36-50(72(4,5)6)38-51(37-49)73(7,8)9;/h16-42,46H,45H2,1-15H3;/q-3;/i16D,17D,18D,23D,24D,45D2;. The molecule has 1 aliphatic rings. The number of benzene rings is 8. The van der Waals surface area contributed by atoms with Crippen molar-refractivity contribution in [3.63, 3.8) is 0 Å². The molecule has 0 aliphatic carbocycles. The Balaban J connectivity index is 0.00000817. The molecule has 11 aromatic rings. The molecule has 4 heterocycles. The number of hydrogen-bond donors (Lipinski definition) is 0. The third-order valence-electron chi connectivity index (χ3n) is 15.4. The number of rotatable bonds is 8. The van der Waals surface area contributed by atoms with Gasteiger partial charge in [-0.15, -0.1) is 65.0 Å². The molecular formula is C75H75N4OPtS-3. The van der Waals surface area contributed by atoms with Crippen molar-refractivity contribution in [2.24, 2.45) is 5.41 Å². The SMILES string of the molecule is [2H]c1c([2H])c([2H])c(-c2cc(C(C)(C)C)cc(-c3cc(C(C)(C)C)cc(C(C)(C)C)c3)c2N2[CH-]N(c3[c-]c(Oc4[c-]c5c(cc4)c4c6sc7ccccc7c6ccc4n5-c4cc(C([2H])([2H])C(C)(C)C)ccn4)cc(C(C)(C)C)c3)c3ccccc32)c([2H])c1[2H].[Pt]. The van der Waals surface area contributed by atoms with Gasteiger partial charge in [0.1, 0.15) is 5.82 Å². The molecule has 0 fully saturated rings. The van der Waals surface area contributed by atoms with Gasteiger partial charge < -0.3 is 19.1 Å². The number of nitrogens with zero attached hydrogens (tertiary/aromatic N) is 4. The predicted octanol–water partition coefficient (Wildman–Crippen LogP) is 21.5. The van der Waals surface area contributed by atoms with Crippen molar-refractivity contribution in [2.75, 3.05) is 9.80 Å². The van der Waals surface area contributed by atoms with Crippen LogP contribution in [0, 0.1) is 24.2 Å². The van der Waals surface area contributed by atoms with Crippen LogP contribution < -0.4 is 14.5 Å². The van der Waals surface area contributed by atoms with Crippen molar-refractivity contribution in [1.29, 1.82) is 0 Å². The van der Waals surface area contributed by atoms with Crippen LogP contribution >= 0.6 is 11.3 Å². The molecule has 0 N–H and O–H groups in total. The third-order valence-corrected chi connectivity index (χ3v) is 16.6. The molecule has 82 heavy (non-hydrogen) atoms. The van der Waals surface area contributed by atoms with Gasteiger partial charge in [0.05, 0.1) is 6.85 Å². The van der Waals surface area contributed by atoms with E-state index in [-0.39, 0.29) is 55.0 Å². The number of anilines is 4.